The van der Waals surface area contributed by atoms with Crippen LogP contribution in [0.5, 0.6) is 0 Å². The molecule has 1 aromatic carbocycles. The third kappa shape index (κ3) is 1.67. The van der Waals surface area contributed by atoms with Crippen LogP contribution in [0.2, 0.25) is 0 Å². The van der Waals surface area contributed by atoms with E-state index < -0.39 is 5.97 Å². The fourth-order valence-electron chi connectivity index (χ4n) is 1.57. The van der Waals surface area contributed by atoms with Gasteiger partial charge in [-0.1, -0.05) is 24.3 Å². The van der Waals surface area contributed by atoms with Gasteiger partial charge in [0, 0.05) is 12.6 Å². The number of aromatic carboxylic acids is 1. The molecule has 1 aromatic heterocycles. The van der Waals surface area contributed by atoms with Crippen molar-refractivity contribution >= 4 is 5.97 Å². The zero-order chi connectivity index (χ0) is 11.7. The molecule has 5 nitrogen and oxygen atoms in total. The lowest BCUT2D eigenvalue weighted by molar-refractivity contribution is 0.0690. The minimum absolute atomic E-state index is 0.0169. The van der Waals surface area contributed by atoms with Gasteiger partial charge in [0.15, 0.2) is 5.69 Å². The van der Waals surface area contributed by atoms with Gasteiger partial charge in [0.05, 0.1) is 0 Å². The van der Waals surface area contributed by atoms with E-state index in [1.54, 1.807) is 7.05 Å². The van der Waals surface area contributed by atoms with Crippen molar-refractivity contribution in [3.63, 3.8) is 0 Å². The van der Waals surface area contributed by atoms with Gasteiger partial charge in [-0.2, -0.15) is 9.90 Å². The van der Waals surface area contributed by atoms with E-state index in [2.05, 4.69) is 10.2 Å². The zero-order valence-electron chi connectivity index (χ0n) is 9.01. The van der Waals surface area contributed by atoms with Crippen molar-refractivity contribution in [1.29, 1.82) is 0 Å². The van der Waals surface area contributed by atoms with Gasteiger partial charge in [0.2, 0.25) is 0 Å². The molecule has 0 saturated heterocycles. The Balaban J connectivity index is 2.64. The Morgan fingerprint density at radius 2 is 2.00 bits per heavy atom. The zero-order valence-corrected chi connectivity index (χ0v) is 9.01. The first kappa shape index (κ1) is 10.4. The number of aromatic nitrogens is 3. The first-order valence-corrected chi connectivity index (χ1v) is 4.80. The number of hydrogen-bond donors (Lipinski definition) is 1. The Morgan fingerprint density at radius 1 is 1.31 bits per heavy atom. The number of carboxylic acids is 1. The van der Waals surface area contributed by atoms with Crippen molar-refractivity contribution in [2.45, 2.75) is 6.92 Å². The van der Waals surface area contributed by atoms with E-state index in [0.717, 1.165) is 11.1 Å². The predicted octanol–water partition coefficient (Wildman–Crippen LogP) is 1.49. The van der Waals surface area contributed by atoms with Gasteiger partial charge in [-0.3, -0.25) is 0 Å². The van der Waals surface area contributed by atoms with E-state index in [-0.39, 0.29) is 5.69 Å². The normalized spacial score (nSPS) is 10.4. The monoisotopic (exact) mass is 217 g/mol. The van der Waals surface area contributed by atoms with Crippen LogP contribution < -0.4 is 0 Å². The lowest BCUT2D eigenvalue weighted by atomic mass is 10.0. The molecule has 0 radical (unpaired) electrons. The number of hydrogen-bond acceptors (Lipinski definition) is 3. The summed E-state index contributed by atoms with van der Waals surface area (Å²) in [7, 11) is 1.61. The first-order valence-electron chi connectivity index (χ1n) is 4.80. The molecular formula is C11H11N3O2. The van der Waals surface area contributed by atoms with Crippen molar-refractivity contribution in [3.05, 3.63) is 35.5 Å². The van der Waals surface area contributed by atoms with Crippen LogP contribution in [0, 0.1) is 6.92 Å². The molecular weight excluding hydrogens is 206 g/mol. The fraction of sp³-hybridized carbons (Fsp3) is 0.182. The summed E-state index contributed by atoms with van der Waals surface area (Å²) in [6.07, 6.45) is 0. The molecule has 0 aliphatic heterocycles. The topological polar surface area (TPSA) is 68.0 Å². The van der Waals surface area contributed by atoms with Crippen LogP contribution in [-0.4, -0.2) is 26.1 Å². The molecule has 16 heavy (non-hydrogen) atoms. The third-order valence-corrected chi connectivity index (χ3v) is 2.32. The predicted molar refractivity (Wildman–Crippen MR) is 58.1 cm³/mol. The number of carboxylic acid groups (broad SMARTS) is 1. The molecule has 82 valence electrons. The van der Waals surface area contributed by atoms with E-state index in [0.29, 0.717) is 5.69 Å². The van der Waals surface area contributed by atoms with Crippen LogP contribution in [0.3, 0.4) is 0 Å². The standard InChI is InChI=1S/C11H11N3O2/c1-7-5-3-4-6-8(7)9-10(11(15)16)13-14(2)12-9/h3-6H,1-2H3,(H,15,16). The minimum atomic E-state index is -1.06. The Hall–Kier alpha value is -2.17. The van der Waals surface area contributed by atoms with Crippen LogP contribution in [0.1, 0.15) is 16.1 Å². The van der Waals surface area contributed by atoms with E-state index in [4.69, 9.17) is 5.11 Å². The SMILES string of the molecule is Cc1ccccc1-c1nn(C)nc1C(=O)O. The highest BCUT2D eigenvalue weighted by Crippen LogP contribution is 2.23. The van der Waals surface area contributed by atoms with E-state index in [1.807, 2.05) is 31.2 Å². The molecule has 2 aromatic rings. The van der Waals surface area contributed by atoms with Gasteiger partial charge in [-0.05, 0) is 12.5 Å². The van der Waals surface area contributed by atoms with E-state index in [9.17, 15) is 4.79 Å². The Labute approximate surface area is 92.3 Å². The Bertz CT molecular complexity index is 546. The Kier molecular flexibility index (Phi) is 2.44. The summed E-state index contributed by atoms with van der Waals surface area (Å²) in [5.41, 5.74) is 2.17. The van der Waals surface area contributed by atoms with E-state index in [1.165, 1.54) is 4.80 Å². The smallest absolute Gasteiger partial charge is 0.358 e. The molecule has 0 aliphatic rings. The van der Waals surface area contributed by atoms with Crippen LogP contribution in [-0.2, 0) is 7.05 Å². The summed E-state index contributed by atoms with van der Waals surface area (Å²) in [6.45, 7) is 1.91. The molecule has 5 heteroatoms. The van der Waals surface area contributed by atoms with Crippen molar-refractivity contribution < 1.29 is 9.90 Å². The summed E-state index contributed by atoms with van der Waals surface area (Å²) in [4.78, 5) is 12.3. The van der Waals surface area contributed by atoms with Crippen molar-refractivity contribution in [2.24, 2.45) is 7.05 Å². The average Bonchev–Trinajstić information content (AvgIpc) is 2.61. The Morgan fingerprint density at radius 3 is 2.62 bits per heavy atom. The molecule has 0 bridgehead atoms. The second kappa shape index (κ2) is 3.77. The highest BCUT2D eigenvalue weighted by Gasteiger charge is 2.19. The maximum absolute atomic E-state index is 11.0. The number of rotatable bonds is 2. The summed E-state index contributed by atoms with van der Waals surface area (Å²) in [6, 6.07) is 7.50. The van der Waals surface area contributed by atoms with Gasteiger partial charge in [-0.25, -0.2) is 4.79 Å². The summed E-state index contributed by atoms with van der Waals surface area (Å²) in [5, 5.41) is 16.9. The maximum atomic E-state index is 11.0. The molecule has 1 heterocycles. The third-order valence-electron chi connectivity index (χ3n) is 2.32. The molecule has 0 amide bonds. The minimum Gasteiger partial charge on any atom is -0.476 e. The van der Waals surface area contributed by atoms with Gasteiger partial charge in [0.1, 0.15) is 5.69 Å². The molecule has 0 fully saturated rings. The summed E-state index contributed by atoms with van der Waals surface area (Å²) in [5.74, 6) is -1.06. The molecule has 2 rings (SSSR count). The average molecular weight is 217 g/mol. The van der Waals surface area contributed by atoms with Crippen LogP contribution in [0.4, 0.5) is 0 Å². The molecule has 0 aliphatic carbocycles. The van der Waals surface area contributed by atoms with E-state index >= 15 is 0 Å². The van der Waals surface area contributed by atoms with Crippen LogP contribution in [0.15, 0.2) is 24.3 Å². The summed E-state index contributed by atoms with van der Waals surface area (Å²) >= 11 is 0. The van der Waals surface area contributed by atoms with Gasteiger partial charge < -0.3 is 5.11 Å². The number of carbonyl (C=O) groups is 1. The van der Waals surface area contributed by atoms with Crippen LogP contribution >= 0.6 is 0 Å². The van der Waals surface area contributed by atoms with Gasteiger partial charge >= 0.3 is 5.97 Å². The summed E-state index contributed by atoms with van der Waals surface area (Å²) < 4.78 is 0. The highest BCUT2D eigenvalue weighted by atomic mass is 16.4. The largest absolute Gasteiger partial charge is 0.476 e. The second-order valence-electron chi connectivity index (χ2n) is 3.51. The fourth-order valence-corrected chi connectivity index (χ4v) is 1.57. The van der Waals surface area contributed by atoms with Crippen LogP contribution in [0.25, 0.3) is 11.3 Å². The van der Waals surface area contributed by atoms with Crippen molar-refractivity contribution in [3.8, 4) is 11.3 Å². The lowest BCUT2D eigenvalue weighted by Crippen LogP contribution is -2.00. The number of aryl methyl sites for hydroxylation is 2. The highest BCUT2D eigenvalue weighted by molar-refractivity contribution is 5.92. The molecule has 0 unspecified atom stereocenters. The van der Waals surface area contributed by atoms with Crippen molar-refractivity contribution in [2.75, 3.05) is 0 Å². The molecule has 0 saturated carbocycles. The molecule has 0 atom stereocenters. The quantitative estimate of drug-likeness (QED) is 0.827. The lowest BCUT2D eigenvalue weighted by Gasteiger charge is -2.01. The first-order chi connectivity index (χ1) is 7.59. The number of benzene rings is 1. The number of nitrogens with zero attached hydrogens (tertiary/aromatic N) is 3. The molecule has 1 N–H and O–H groups in total. The molecule has 0 spiro atoms. The van der Waals surface area contributed by atoms with Gasteiger partial charge in [-0.15, -0.1) is 5.10 Å². The van der Waals surface area contributed by atoms with Gasteiger partial charge in [0.25, 0.3) is 0 Å². The maximum Gasteiger partial charge on any atom is 0.358 e. The van der Waals surface area contributed by atoms with Crippen molar-refractivity contribution in [1.82, 2.24) is 15.0 Å². The second-order valence-corrected chi connectivity index (χ2v) is 3.51.